The minimum atomic E-state index is 0.295. The first-order valence-electron chi connectivity index (χ1n) is 6.48. The van der Waals surface area contributed by atoms with E-state index in [1.54, 1.807) is 0 Å². The second-order valence-electron chi connectivity index (χ2n) is 5.37. The molecule has 1 aromatic carbocycles. The van der Waals surface area contributed by atoms with Crippen LogP contribution >= 0.6 is 0 Å². The minimum absolute atomic E-state index is 0.295. The van der Waals surface area contributed by atoms with E-state index in [-0.39, 0.29) is 0 Å². The molecule has 1 aliphatic rings. The SMILES string of the molecule is Cc1cc(C)c(CC2COCCC2N)c(C)c1. The Morgan fingerprint density at radius 2 is 1.88 bits per heavy atom. The van der Waals surface area contributed by atoms with Crippen molar-refractivity contribution in [1.82, 2.24) is 0 Å². The number of hydrogen-bond acceptors (Lipinski definition) is 2. The topological polar surface area (TPSA) is 35.2 Å². The van der Waals surface area contributed by atoms with E-state index in [1.807, 2.05) is 0 Å². The summed E-state index contributed by atoms with van der Waals surface area (Å²) in [6.07, 6.45) is 2.05. The van der Waals surface area contributed by atoms with Crippen molar-refractivity contribution in [2.45, 2.75) is 39.7 Å². The van der Waals surface area contributed by atoms with E-state index in [0.717, 1.165) is 26.1 Å². The Morgan fingerprint density at radius 3 is 2.47 bits per heavy atom. The van der Waals surface area contributed by atoms with Gasteiger partial charge in [-0.3, -0.25) is 0 Å². The van der Waals surface area contributed by atoms with Gasteiger partial charge in [-0.25, -0.2) is 0 Å². The van der Waals surface area contributed by atoms with Gasteiger partial charge < -0.3 is 10.5 Å². The lowest BCUT2D eigenvalue weighted by Gasteiger charge is -2.29. The average Bonchev–Trinajstić information content (AvgIpc) is 2.25. The molecular weight excluding hydrogens is 210 g/mol. The summed E-state index contributed by atoms with van der Waals surface area (Å²) in [6.45, 7) is 8.19. The van der Waals surface area contributed by atoms with E-state index in [1.165, 1.54) is 22.3 Å². The standard InChI is InChI=1S/C15H23NO/c1-10-6-11(2)14(12(3)7-10)8-13-9-17-5-4-15(13)16/h6-7,13,15H,4-5,8-9,16H2,1-3H3. The molecular formula is C15H23NO. The first kappa shape index (κ1) is 12.6. The van der Waals surface area contributed by atoms with Gasteiger partial charge in [0.1, 0.15) is 0 Å². The predicted octanol–water partition coefficient (Wildman–Crippen LogP) is 2.52. The Kier molecular flexibility index (Phi) is 3.85. The van der Waals surface area contributed by atoms with Gasteiger partial charge in [-0.1, -0.05) is 17.7 Å². The molecule has 0 spiro atoms. The van der Waals surface area contributed by atoms with Crippen molar-refractivity contribution < 1.29 is 4.74 Å². The highest BCUT2D eigenvalue weighted by Crippen LogP contribution is 2.23. The van der Waals surface area contributed by atoms with Gasteiger partial charge in [-0.15, -0.1) is 0 Å². The molecule has 0 bridgehead atoms. The minimum Gasteiger partial charge on any atom is -0.381 e. The predicted molar refractivity (Wildman–Crippen MR) is 71.3 cm³/mol. The molecule has 2 N–H and O–H groups in total. The molecule has 1 fully saturated rings. The van der Waals surface area contributed by atoms with Crippen molar-refractivity contribution in [2.75, 3.05) is 13.2 Å². The Bertz CT molecular complexity index is 377. The molecule has 2 heteroatoms. The van der Waals surface area contributed by atoms with Crippen LogP contribution in [-0.2, 0) is 11.2 Å². The normalized spacial score (nSPS) is 24.9. The van der Waals surface area contributed by atoms with Crippen molar-refractivity contribution in [2.24, 2.45) is 11.7 Å². The third-order valence-electron chi connectivity index (χ3n) is 3.84. The van der Waals surface area contributed by atoms with E-state index in [4.69, 9.17) is 10.5 Å². The molecule has 94 valence electrons. The Hall–Kier alpha value is -0.860. The molecule has 0 aliphatic carbocycles. The molecule has 2 atom stereocenters. The largest absolute Gasteiger partial charge is 0.381 e. The summed E-state index contributed by atoms with van der Waals surface area (Å²) >= 11 is 0. The fourth-order valence-corrected chi connectivity index (χ4v) is 2.82. The van der Waals surface area contributed by atoms with Crippen molar-refractivity contribution >= 4 is 0 Å². The molecule has 2 unspecified atom stereocenters. The van der Waals surface area contributed by atoms with Crippen LogP contribution in [0.25, 0.3) is 0 Å². The number of benzene rings is 1. The second kappa shape index (κ2) is 5.19. The maximum atomic E-state index is 6.18. The smallest absolute Gasteiger partial charge is 0.0512 e. The molecule has 0 saturated carbocycles. The Balaban J connectivity index is 2.17. The van der Waals surface area contributed by atoms with Crippen molar-refractivity contribution in [3.63, 3.8) is 0 Å². The van der Waals surface area contributed by atoms with Crippen LogP contribution < -0.4 is 5.73 Å². The molecule has 0 amide bonds. The van der Waals surface area contributed by atoms with E-state index in [0.29, 0.717) is 12.0 Å². The van der Waals surface area contributed by atoms with Gasteiger partial charge in [-0.05, 0) is 50.3 Å². The van der Waals surface area contributed by atoms with Gasteiger partial charge in [0.2, 0.25) is 0 Å². The molecule has 1 aliphatic heterocycles. The van der Waals surface area contributed by atoms with Gasteiger partial charge in [0.15, 0.2) is 0 Å². The molecule has 2 rings (SSSR count). The van der Waals surface area contributed by atoms with Crippen LogP contribution in [0.3, 0.4) is 0 Å². The fourth-order valence-electron chi connectivity index (χ4n) is 2.82. The average molecular weight is 233 g/mol. The van der Waals surface area contributed by atoms with E-state index in [9.17, 15) is 0 Å². The summed E-state index contributed by atoms with van der Waals surface area (Å²) in [7, 11) is 0. The van der Waals surface area contributed by atoms with Crippen molar-refractivity contribution in [1.29, 1.82) is 0 Å². The van der Waals surface area contributed by atoms with Crippen LogP contribution in [-0.4, -0.2) is 19.3 Å². The first-order chi connectivity index (χ1) is 8.08. The molecule has 1 aromatic rings. The summed E-state index contributed by atoms with van der Waals surface area (Å²) in [4.78, 5) is 0. The summed E-state index contributed by atoms with van der Waals surface area (Å²) in [5.74, 6) is 0.476. The van der Waals surface area contributed by atoms with Gasteiger partial charge in [-0.2, -0.15) is 0 Å². The molecule has 1 saturated heterocycles. The number of rotatable bonds is 2. The summed E-state index contributed by atoms with van der Waals surface area (Å²) in [5, 5.41) is 0. The van der Waals surface area contributed by atoms with Crippen LogP contribution in [0.2, 0.25) is 0 Å². The van der Waals surface area contributed by atoms with Crippen LogP contribution in [0.5, 0.6) is 0 Å². The van der Waals surface area contributed by atoms with E-state index in [2.05, 4.69) is 32.9 Å². The fraction of sp³-hybridized carbons (Fsp3) is 0.600. The van der Waals surface area contributed by atoms with E-state index < -0.39 is 0 Å². The van der Waals surface area contributed by atoms with Gasteiger partial charge in [0, 0.05) is 18.6 Å². The van der Waals surface area contributed by atoms with Crippen LogP contribution in [0.4, 0.5) is 0 Å². The monoisotopic (exact) mass is 233 g/mol. The van der Waals surface area contributed by atoms with Gasteiger partial charge in [0.25, 0.3) is 0 Å². The molecule has 2 nitrogen and oxygen atoms in total. The summed E-state index contributed by atoms with van der Waals surface area (Å²) in [5.41, 5.74) is 11.8. The van der Waals surface area contributed by atoms with Crippen LogP contribution in [0.1, 0.15) is 28.7 Å². The number of hydrogen-bond donors (Lipinski definition) is 1. The first-order valence-corrected chi connectivity index (χ1v) is 6.48. The zero-order valence-electron chi connectivity index (χ0n) is 11.1. The lowest BCUT2D eigenvalue weighted by Crippen LogP contribution is -2.39. The lowest BCUT2D eigenvalue weighted by molar-refractivity contribution is 0.0421. The maximum Gasteiger partial charge on any atom is 0.0512 e. The van der Waals surface area contributed by atoms with Crippen LogP contribution in [0, 0.1) is 26.7 Å². The number of aryl methyl sites for hydroxylation is 3. The van der Waals surface area contributed by atoms with Crippen LogP contribution in [0.15, 0.2) is 12.1 Å². The highest BCUT2D eigenvalue weighted by molar-refractivity contribution is 5.37. The highest BCUT2D eigenvalue weighted by atomic mass is 16.5. The summed E-state index contributed by atoms with van der Waals surface area (Å²) in [6, 6.07) is 4.82. The third-order valence-corrected chi connectivity index (χ3v) is 3.84. The van der Waals surface area contributed by atoms with E-state index >= 15 is 0 Å². The zero-order valence-corrected chi connectivity index (χ0v) is 11.1. The number of nitrogens with two attached hydrogens (primary N) is 1. The van der Waals surface area contributed by atoms with Gasteiger partial charge in [0.05, 0.1) is 6.61 Å². The van der Waals surface area contributed by atoms with Crippen molar-refractivity contribution in [3.8, 4) is 0 Å². The van der Waals surface area contributed by atoms with Gasteiger partial charge >= 0.3 is 0 Å². The van der Waals surface area contributed by atoms with Crippen molar-refractivity contribution in [3.05, 3.63) is 34.4 Å². The lowest BCUT2D eigenvalue weighted by atomic mass is 9.86. The Morgan fingerprint density at radius 1 is 1.24 bits per heavy atom. The number of ether oxygens (including phenoxy) is 1. The quantitative estimate of drug-likeness (QED) is 0.852. The zero-order chi connectivity index (χ0) is 12.4. The second-order valence-corrected chi connectivity index (χ2v) is 5.37. The third kappa shape index (κ3) is 2.88. The molecule has 17 heavy (non-hydrogen) atoms. The highest BCUT2D eigenvalue weighted by Gasteiger charge is 2.23. The Labute approximate surface area is 104 Å². The maximum absolute atomic E-state index is 6.18. The molecule has 0 radical (unpaired) electrons. The molecule has 0 aromatic heterocycles. The molecule has 1 heterocycles. The summed E-state index contributed by atoms with van der Waals surface area (Å²) < 4.78 is 5.55.